The summed E-state index contributed by atoms with van der Waals surface area (Å²) in [7, 11) is 1.56. The molecule has 3 aromatic rings. The quantitative estimate of drug-likeness (QED) is 0.263. The molecule has 190 valence electrons. The summed E-state index contributed by atoms with van der Waals surface area (Å²) < 4.78 is 20.3. The van der Waals surface area contributed by atoms with Gasteiger partial charge in [0.1, 0.15) is 11.6 Å². The highest BCUT2D eigenvalue weighted by molar-refractivity contribution is 7.99. The van der Waals surface area contributed by atoms with E-state index in [0.29, 0.717) is 34.5 Å². The molecule has 0 spiro atoms. The van der Waals surface area contributed by atoms with Crippen molar-refractivity contribution in [2.75, 3.05) is 18.2 Å². The molecular formula is C25H27ClFN5O3S. The monoisotopic (exact) mass is 531 g/mol. The van der Waals surface area contributed by atoms with Crippen LogP contribution in [-0.2, 0) is 11.3 Å². The Morgan fingerprint density at radius 3 is 2.56 bits per heavy atom. The fraction of sp³-hybridized carbons (Fsp3) is 0.280. The van der Waals surface area contributed by atoms with Gasteiger partial charge >= 0.3 is 0 Å². The van der Waals surface area contributed by atoms with E-state index in [9.17, 15) is 14.0 Å². The molecule has 0 radical (unpaired) electrons. The number of anilines is 1. The van der Waals surface area contributed by atoms with Gasteiger partial charge in [0.2, 0.25) is 5.91 Å². The standard InChI is InChI=1S/C25H27ClFN5O3S/c1-5-12-32-23(22(15(2)3)29-24(34)16-6-9-18(35-4)10-7-16)30-31-25(32)36-14-21(33)28-17-8-11-20(27)19(26)13-17/h5-11,13,15,22H,1,12,14H2,2-4H3,(H,28,33)(H,29,34)/t22-/m0/s1. The molecule has 2 aromatic carbocycles. The van der Waals surface area contributed by atoms with Crippen LogP contribution >= 0.6 is 23.4 Å². The summed E-state index contributed by atoms with van der Waals surface area (Å²) in [6.45, 7) is 8.14. The van der Waals surface area contributed by atoms with E-state index < -0.39 is 11.9 Å². The number of nitrogens with zero attached hydrogens (tertiary/aromatic N) is 3. The molecule has 0 aliphatic heterocycles. The Morgan fingerprint density at radius 1 is 1.22 bits per heavy atom. The molecule has 11 heteroatoms. The molecule has 2 N–H and O–H groups in total. The number of aromatic nitrogens is 3. The average Bonchev–Trinajstić information content (AvgIpc) is 3.25. The lowest BCUT2D eigenvalue weighted by atomic mass is 10.0. The third kappa shape index (κ3) is 6.86. The van der Waals surface area contributed by atoms with Gasteiger partial charge in [-0.25, -0.2) is 4.39 Å². The highest BCUT2D eigenvalue weighted by atomic mass is 35.5. The summed E-state index contributed by atoms with van der Waals surface area (Å²) >= 11 is 6.96. The number of amides is 2. The minimum absolute atomic E-state index is 0.00402. The zero-order valence-corrected chi connectivity index (χ0v) is 21.7. The molecule has 0 aliphatic rings. The van der Waals surface area contributed by atoms with Crippen molar-refractivity contribution in [1.29, 1.82) is 0 Å². The average molecular weight is 532 g/mol. The first-order valence-corrected chi connectivity index (χ1v) is 12.5. The van der Waals surface area contributed by atoms with Crippen molar-refractivity contribution in [1.82, 2.24) is 20.1 Å². The van der Waals surface area contributed by atoms with E-state index in [1.165, 1.54) is 30.0 Å². The van der Waals surface area contributed by atoms with Crippen LogP contribution in [0.1, 0.15) is 36.1 Å². The van der Waals surface area contributed by atoms with E-state index in [4.69, 9.17) is 16.3 Å². The van der Waals surface area contributed by atoms with Crippen LogP contribution in [0.25, 0.3) is 0 Å². The Morgan fingerprint density at radius 2 is 1.94 bits per heavy atom. The first kappa shape index (κ1) is 27.2. The number of hydrogen-bond donors (Lipinski definition) is 2. The number of nitrogens with one attached hydrogen (secondary N) is 2. The van der Waals surface area contributed by atoms with Gasteiger partial charge < -0.3 is 19.9 Å². The molecule has 1 atom stereocenters. The van der Waals surface area contributed by atoms with E-state index >= 15 is 0 Å². The largest absolute Gasteiger partial charge is 0.497 e. The van der Waals surface area contributed by atoms with E-state index in [1.807, 2.05) is 18.4 Å². The Balaban J connectivity index is 1.74. The number of carbonyl (C=O) groups excluding carboxylic acids is 2. The summed E-state index contributed by atoms with van der Waals surface area (Å²) in [6.07, 6.45) is 1.69. The third-order valence-electron chi connectivity index (χ3n) is 5.18. The van der Waals surface area contributed by atoms with Gasteiger partial charge in [-0.2, -0.15) is 0 Å². The summed E-state index contributed by atoms with van der Waals surface area (Å²) in [5.41, 5.74) is 0.879. The van der Waals surface area contributed by atoms with Crippen LogP contribution in [0.3, 0.4) is 0 Å². The van der Waals surface area contributed by atoms with Crippen LogP contribution in [0.2, 0.25) is 5.02 Å². The Kier molecular flexibility index (Phi) is 9.49. The van der Waals surface area contributed by atoms with Crippen molar-refractivity contribution in [3.05, 3.63) is 77.3 Å². The molecule has 3 rings (SSSR count). The fourth-order valence-electron chi connectivity index (χ4n) is 3.33. The number of allylic oxidation sites excluding steroid dienone is 1. The number of benzene rings is 2. The normalized spacial score (nSPS) is 11.7. The Hall–Kier alpha value is -3.37. The van der Waals surface area contributed by atoms with Gasteiger partial charge in [-0.05, 0) is 48.4 Å². The van der Waals surface area contributed by atoms with Crippen LogP contribution in [0.15, 0.2) is 60.3 Å². The van der Waals surface area contributed by atoms with E-state index in [2.05, 4.69) is 27.4 Å². The van der Waals surface area contributed by atoms with E-state index in [-0.39, 0.29) is 28.5 Å². The number of hydrogen-bond acceptors (Lipinski definition) is 6. The minimum atomic E-state index is -0.562. The second-order valence-electron chi connectivity index (χ2n) is 8.13. The maximum atomic E-state index is 13.3. The van der Waals surface area contributed by atoms with Gasteiger partial charge in [-0.1, -0.05) is 43.3 Å². The van der Waals surface area contributed by atoms with Crippen molar-refractivity contribution in [3.8, 4) is 5.75 Å². The van der Waals surface area contributed by atoms with Crippen LogP contribution in [0.4, 0.5) is 10.1 Å². The number of halogens is 2. The lowest BCUT2D eigenvalue weighted by Gasteiger charge is -2.22. The highest BCUT2D eigenvalue weighted by Crippen LogP contribution is 2.26. The van der Waals surface area contributed by atoms with Crippen LogP contribution in [0.5, 0.6) is 5.75 Å². The number of methoxy groups -OCH3 is 1. The molecule has 8 nitrogen and oxygen atoms in total. The van der Waals surface area contributed by atoms with Crippen LogP contribution in [-0.4, -0.2) is 39.4 Å². The van der Waals surface area contributed by atoms with Crippen molar-refractivity contribution >= 4 is 40.9 Å². The molecule has 2 amide bonds. The predicted octanol–water partition coefficient (Wildman–Crippen LogP) is 5.12. The maximum absolute atomic E-state index is 13.3. The van der Waals surface area contributed by atoms with Crippen molar-refractivity contribution in [2.24, 2.45) is 5.92 Å². The second-order valence-corrected chi connectivity index (χ2v) is 9.48. The number of ether oxygens (including phenoxy) is 1. The zero-order chi connectivity index (χ0) is 26.2. The third-order valence-corrected chi connectivity index (χ3v) is 6.43. The molecule has 0 saturated heterocycles. The Labute approximate surface area is 218 Å². The molecule has 0 fully saturated rings. The predicted molar refractivity (Wildman–Crippen MR) is 139 cm³/mol. The van der Waals surface area contributed by atoms with Crippen LogP contribution < -0.4 is 15.4 Å². The van der Waals surface area contributed by atoms with E-state index in [0.717, 1.165) is 0 Å². The smallest absolute Gasteiger partial charge is 0.251 e. The zero-order valence-electron chi connectivity index (χ0n) is 20.1. The number of thioether (sulfide) groups is 1. The summed E-state index contributed by atoms with van der Waals surface area (Å²) in [4.78, 5) is 25.4. The molecule has 0 aliphatic carbocycles. The van der Waals surface area contributed by atoms with Gasteiger partial charge in [0, 0.05) is 17.8 Å². The molecular weight excluding hydrogens is 505 g/mol. The maximum Gasteiger partial charge on any atom is 0.251 e. The van der Waals surface area contributed by atoms with Crippen molar-refractivity contribution < 1.29 is 18.7 Å². The molecule has 0 saturated carbocycles. The second kappa shape index (κ2) is 12.5. The van der Waals surface area contributed by atoms with Crippen molar-refractivity contribution in [2.45, 2.75) is 31.6 Å². The van der Waals surface area contributed by atoms with Crippen molar-refractivity contribution in [3.63, 3.8) is 0 Å². The first-order chi connectivity index (χ1) is 17.2. The number of rotatable bonds is 11. The SMILES string of the molecule is C=CCn1c(SCC(=O)Nc2ccc(F)c(Cl)c2)nnc1[C@@H](NC(=O)c1ccc(OC)cc1)C(C)C. The minimum Gasteiger partial charge on any atom is -0.497 e. The molecule has 1 heterocycles. The lowest BCUT2D eigenvalue weighted by Crippen LogP contribution is -2.33. The summed E-state index contributed by atoms with van der Waals surface area (Å²) in [6, 6.07) is 10.3. The van der Waals surface area contributed by atoms with Gasteiger partial charge in [-0.3, -0.25) is 9.59 Å². The summed E-state index contributed by atoms with van der Waals surface area (Å²) in [5, 5.41) is 14.7. The van der Waals surface area contributed by atoms with Crippen LogP contribution in [0, 0.1) is 11.7 Å². The highest BCUT2D eigenvalue weighted by Gasteiger charge is 2.26. The first-order valence-electron chi connectivity index (χ1n) is 11.1. The fourth-order valence-corrected chi connectivity index (χ4v) is 4.27. The van der Waals surface area contributed by atoms with Gasteiger partial charge in [0.05, 0.1) is 23.9 Å². The number of carbonyl (C=O) groups is 2. The molecule has 0 unspecified atom stereocenters. The van der Waals surface area contributed by atoms with Gasteiger partial charge in [0.15, 0.2) is 11.0 Å². The van der Waals surface area contributed by atoms with Gasteiger partial charge in [0.25, 0.3) is 5.91 Å². The van der Waals surface area contributed by atoms with Gasteiger partial charge in [-0.15, -0.1) is 16.8 Å². The molecule has 1 aromatic heterocycles. The molecule has 0 bridgehead atoms. The Bertz CT molecular complexity index is 1230. The molecule has 36 heavy (non-hydrogen) atoms. The lowest BCUT2D eigenvalue weighted by molar-refractivity contribution is -0.113. The topological polar surface area (TPSA) is 98.1 Å². The van der Waals surface area contributed by atoms with E-state index in [1.54, 1.807) is 37.5 Å². The summed E-state index contributed by atoms with van der Waals surface area (Å²) in [5.74, 6) is 0.124.